The number of nitrogen functional groups attached to an aromatic ring is 4. The summed E-state index contributed by atoms with van der Waals surface area (Å²) in [5, 5.41) is 0. The maximum absolute atomic E-state index is 5.42. The van der Waals surface area contributed by atoms with Gasteiger partial charge in [0, 0.05) is 0 Å². The molecule has 0 aromatic carbocycles. The first-order valence-electron chi connectivity index (χ1n) is 5.70. The molecule has 0 saturated heterocycles. The lowest BCUT2D eigenvalue weighted by molar-refractivity contribution is -0.0723. The molecular weight excluding hydrogens is 280 g/mol. The molecule has 2 heterocycles. The first kappa shape index (κ1) is 14.5. The van der Waals surface area contributed by atoms with E-state index < -0.39 is 0 Å². The van der Waals surface area contributed by atoms with Gasteiger partial charge in [0.05, 0.1) is 0 Å². The number of nitrogens with two attached hydrogens (primary N) is 4. The van der Waals surface area contributed by atoms with Crippen LogP contribution < -0.4 is 22.9 Å². The fourth-order valence-corrected chi connectivity index (χ4v) is 1.37. The van der Waals surface area contributed by atoms with Gasteiger partial charge in [-0.1, -0.05) is 0 Å². The van der Waals surface area contributed by atoms with Gasteiger partial charge >= 0.3 is 0 Å². The summed E-state index contributed by atoms with van der Waals surface area (Å²) in [6.07, 6.45) is 0. The zero-order valence-corrected chi connectivity index (χ0v) is 10.9. The number of hydrogen-bond acceptors (Lipinski definition) is 12. The molecular formula is C9H14N10O2. The topological polar surface area (TPSA) is 200 Å². The van der Waals surface area contributed by atoms with E-state index in [0.29, 0.717) is 11.6 Å². The number of rotatable bonds is 6. The lowest BCUT2D eigenvalue weighted by Gasteiger charge is -2.06. The Bertz CT molecular complexity index is 527. The second-order valence-corrected chi connectivity index (χ2v) is 3.75. The van der Waals surface area contributed by atoms with E-state index in [1.165, 1.54) is 0 Å². The third-order valence-electron chi connectivity index (χ3n) is 2.06. The van der Waals surface area contributed by atoms with Gasteiger partial charge < -0.3 is 32.4 Å². The van der Waals surface area contributed by atoms with E-state index >= 15 is 0 Å². The predicted octanol–water partition coefficient (Wildman–Crippen LogP) is -1.92. The predicted molar refractivity (Wildman–Crippen MR) is 71.7 cm³/mol. The average Bonchev–Trinajstić information content (AvgIpc) is 2.36. The molecule has 0 bridgehead atoms. The van der Waals surface area contributed by atoms with Crippen LogP contribution in [0.3, 0.4) is 0 Å². The summed E-state index contributed by atoms with van der Waals surface area (Å²) in [6.45, 7) is 0.0911. The fraction of sp³-hybridized carbons (Fsp3) is 0.333. The minimum Gasteiger partial charge on any atom is -0.368 e. The Kier molecular flexibility index (Phi) is 4.53. The highest BCUT2D eigenvalue weighted by atomic mass is 16.7. The molecule has 0 aliphatic carbocycles. The van der Waals surface area contributed by atoms with Gasteiger partial charge in [0.25, 0.3) is 0 Å². The third-order valence-corrected chi connectivity index (χ3v) is 2.06. The zero-order valence-electron chi connectivity index (χ0n) is 10.9. The van der Waals surface area contributed by atoms with Gasteiger partial charge in [-0.3, -0.25) is 0 Å². The van der Waals surface area contributed by atoms with Crippen LogP contribution in [0.1, 0.15) is 11.6 Å². The zero-order chi connectivity index (χ0) is 15.2. The van der Waals surface area contributed by atoms with Gasteiger partial charge in [-0.15, -0.1) is 0 Å². The van der Waals surface area contributed by atoms with Gasteiger partial charge in [0.15, 0.2) is 11.6 Å². The molecule has 0 spiro atoms. The van der Waals surface area contributed by atoms with Crippen molar-refractivity contribution in [1.82, 2.24) is 29.9 Å². The second-order valence-electron chi connectivity index (χ2n) is 3.75. The molecule has 2 rings (SSSR count). The van der Waals surface area contributed by atoms with E-state index in [9.17, 15) is 0 Å². The van der Waals surface area contributed by atoms with E-state index in [4.69, 9.17) is 32.4 Å². The van der Waals surface area contributed by atoms with E-state index in [0.717, 1.165) is 0 Å². The molecule has 0 aliphatic heterocycles. The number of anilines is 4. The Morgan fingerprint density at radius 3 is 1.24 bits per heavy atom. The monoisotopic (exact) mass is 294 g/mol. The first-order valence-corrected chi connectivity index (χ1v) is 5.70. The average molecular weight is 294 g/mol. The summed E-state index contributed by atoms with van der Waals surface area (Å²) in [6, 6.07) is 0. The molecule has 0 aliphatic rings. The summed E-state index contributed by atoms with van der Waals surface area (Å²) in [7, 11) is 0. The molecule has 0 unspecified atom stereocenters. The highest BCUT2D eigenvalue weighted by Gasteiger charge is 2.04. The molecule has 0 radical (unpaired) electrons. The van der Waals surface area contributed by atoms with Crippen LogP contribution in [-0.4, -0.2) is 36.7 Å². The van der Waals surface area contributed by atoms with Crippen molar-refractivity contribution < 1.29 is 9.47 Å². The van der Waals surface area contributed by atoms with Crippen LogP contribution in [0.15, 0.2) is 0 Å². The highest BCUT2D eigenvalue weighted by Crippen LogP contribution is 2.02. The Morgan fingerprint density at radius 1 is 0.571 bits per heavy atom. The molecule has 2 aromatic rings. The summed E-state index contributed by atoms with van der Waals surface area (Å²) in [5.74, 6) is 0.710. The minimum absolute atomic E-state index is 0.0261. The summed E-state index contributed by atoms with van der Waals surface area (Å²) < 4.78 is 10.4. The second kappa shape index (κ2) is 6.53. The number of nitrogens with zero attached hydrogens (tertiary/aromatic N) is 6. The fourth-order valence-electron chi connectivity index (χ4n) is 1.37. The first-order chi connectivity index (χ1) is 10.0. The standard InChI is InChI=1S/C9H14N10O2/c10-6-14-4(15-7(11)18-6)1-20-3-21-2-5-16-8(12)19-9(13)17-5/h1-3H2,(H4,10,11,14,15,18)(H4,12,13,16,17,19). The van der Waals surface area contributed by atoms with Crippen molar-refractivity contribution >= 4 is 23.8 Å². The van der Waals surface area contributed by atoms with Crippen LogP contribution in [0, 0.1) is 0 Å². The number of aromatic nitrogens is 6. The smallest absolute Gasteiger partial charge is 0.225 e. The molecule has 21 heavy (non-hydrogen) atoms. The lowest BCUT2D eigenvalue weighted by Crippen LogP contribution is -2.11. The van der Waals surface area contributed by atoms with E-state index in [1.807, 2.05) is 0 Å². The summed E-state index contributed by atoms with van der Waals surface area (Å²) in [4.78, 5) is 22.6. The summed E-state index contributed by atoms with van der Waals surface area (Å²) in [5.41, 5.74) is 21.7. The Hall–Kier alpha value is -2.86. The SMILES string of the molecule is Nc1nc(N)nc(COCOCc2nc(N)nc(N)n2)n1. The van der Waals surface area contributed by atoms with Crippen molar-refractivity contribution in [2.24, 2.45) is 0 Å². The van der Waals surface area contributed by atoms with Gasteiger partial charge in [-0.2, -0.15) is 29.9 Å². The number of hydrogen-bond donors (Lipinski definition) is 4. The van der Waals surface area contributed by atoms with Gasteiger partial charge in [0.2, 0.25) is 23.8 Å². The molecule has 0 amide bonds. The van der Waals surface area contributed by atoms with Crippen LogP contribution in [0.2, 0.25) is 0 Å². The molecule has 12 heteroatoms. The van der Waals surface area contributed by atoms with Crippen molar-refractivity contribution in [3.63, 3.8) is 0 Å². The molecule has 0 fully saturated rings. The van der Waals surface area contributed by atoms with Gasteiger partial charge in [-0.25, -0.2) is 0 Å². The lowest BCUT2D eigenvalue weighted by atomic mass is 10.6. The quantitative estimate of drug-likeness (QED) is 0.340. The Balaban J connectivity index is 1.74. The highest BCUT2D eigenvalue weighted by molar-refractivity contribution is 5.26. The molecule has 0 atom stereocenters. The van der Waals surface area contributed by atoms with Crippen molar-refractivity contribution in [2.45, 2.75) is 13.2 Å². The maximum Gasteiger partial charge on any atom is 0.225 e. The largest absolute Gasteiger partial charge is 0.368 e. The van der Waals surface area contributed by atoms with Gasteiger partial charge in [-0.05, 0) is 0 Å². The van der Waals surface area contributed by atoms with Crippen LogP contribution in [0.5, 0.6) is 0 Å². The number of ether oxygens (including phenoxy) is 2. The molecule has 112 valence electrons. The van der Waals surface area contributed by atoms with Crippen molar-refractivity contribution in [3.8, 4) is 0 Å². The van der Waals surface area contributed by atoms with Crippen LogP contribution in [-0.2, 0) is 22.7 Å². The van der Waals surface area contributed by atoms with E-state index in [-0.39, 0.29) is 43.8 Å². The molecule has 8 N–H and O–H groups in total. The molecule has 0 saturated carbocycles. The molecule has 12 nitrogen and oxygen atoms in total. The van der Waals surface area contributed by atoms with Crippen molar-refractivity contribution in [3.05, 3.63) is 11.6 Å². The van der Waals surface area contributed by atoms with Crippen molar-refractivity contribution in [1.29, 1.82) is 0 Å². The van der Waals surface area contributed by atoms with Crippen LogP contribution >= 0.6 is 0 Å². The van der Waals surface area contributed by atoms with Crippen LogP contribution in [0.25, 0.3) is 0 Å². The Morgan fingerprint density at radius 2 is 0.905 bits per heavy atom. The normalized spacial score (nSPS) is 10.7. The third kappa shape index (κ3) is 4.63. The maximum atomic E-state index is 5.42. The van der Waals surface area contributed by atoms with E-state index in [2.05, 4.69) is 29.9 Å². The Labute approximate surface area is 118 Å². The minimum atomic E-state index is -0.0447. The summed E-state index contributed by atoms with van der Waals surface area (Å²) >= 11 is 0. The van der Waals surface area contributed by atoms with Gasteiger partial charge in [0.1, 0.15) is 20.0 Å². The van der Waals surface area contributed by atoms with Crippen molar-refractivity contribution in [2.75, 3.05) is 29.7 Å². The molecule has 2 aromatic heterocycles. The van der Waals surface area contributed by atoms with E-state index in [1.54, 1.807) is 0 Å². The van der Waals surface area contributed by atoms with Crippen LogP contribution in [0.4, 0.5) is 23.8 Å².